The first-order valence-electron chi connectivity index (χ1n) is 5.50. The number of carbonyl (C=O) groups is 1. The molecule has 4 nitrogen and oxygen atoms in total. The van der Waals surface area contributed by atoms with Gasteiger partial charge in [-0.3, -0.25) is 4.79 Å². The average molecular weight is 217 g/mol. The van der Waals surface area contributed by atoms with Crippen molar-refractivity contribution in [2.75, 3.05) is 13.2 Å². The van der Waals surface area contributed by atoms with E-state index in [1.807, 2.05) is 0 Å². The molecule has 0 aliphatic heterocycles. The topological polar surface area (TPSA) is 58.6 Å². The highest BCUT2D eigenvalue weighted by atomic mass is 16.5. The quantitative estimate of drug-likeness (QED) is 0.626. The number of aliphatic hydroxyl groups is 1. The molecule has 2 N–H and O–H groups in total. The standard InChI is InChI=1S/C11H23NO3/c1-5-11(3,4)12-8-9(13)7-10(14)15-6-2/h9,12-13H,5-8H2,1-4H3. The van der Waals surface area contributed by atoms with Gasteiger partial charge in [0.15, 0.2) is 0 Å². The Hall–Kier alpha value is -0.610. The summed E-state index contributed by atoms with van der Waals surface area (Å²) in [6.45, 7) is 8.72. The van der Waals surface area contributed by atoms with Crippen LogP contribution in [0.4, 0.5) is 0 Å². The maximum absolute atomic E-state index is 11.0. The maximum Gasteiger partial charge on any atom is 0.308 e. The summed E-state index contributed by atoms with van der Waals surface area (Å²) in [5.74, 6) is -0.346. The maximum atomic E-state index is 11.0. The highest BCUT2D eigenvalue weighted by Gasteiger charge is 2.17. The number of aliphatic hydroxyl groups excluding tert-OH is 1. The first-order chi connectivity index (χ1) is 6.91. The van der Waals surface area contributed by atoms with Crippen molar-refractivity contribution in [1.29, 1.82) is 0 Å². The number of nitrogens with one attached hydrogen (secondary N) is 1. The van der Waals surface area contributed by atoms with Crippen molar-refractivity contribution < 1.29 is 14.6 Å². The van der Waals surface area contributed by atoms with Crippen LogP contribution in [0.15, 0.2) is 0 Å². The molecule has 4 heteroatoms. The lowest BCUT2D eigenvalue weighted by Gasteiger charge is -2.26. The van der Waals surface area contributed by atoms with Gasteiger partial charge >= 0.3 is 5.97 Å². The van der Waals surface area contributed by atoms with E-state index >= 15 is 0 Å². The molecule has 1 unspecified atom stereocenters. The van der Waals surface area contributed by atoms with Gasteiger partial charge in [-0.1, -0.05) is 6.92 Å². The van der Waals surface area contributed by atoms with E-state index in [9.17, 15) is 9.90 Å². The van der Waals surface area contributed by atoms with Crippen molar-refractivity contribution in [1.82, 2.24) is 5.32 Å². The van der Waals surface area contributed by atoms with Crippen molar-refractivity contribution >= 4 is 5.97 Å². The first-order valence-corrected chi connectivity index (χ1v) is 5.50. The Labute approximate surface area is 92.0 Å². The Kier molecular flexibility index (Phi) is 6.52. The molecule has 90 valence electrons. The molecule has 1 atom stereocenters. The fourth-order valence-corrected chi connectivity index (χ4v) is 1.00. The van der Waals surface area contributed by atoms with E-state index in [0.717, 1.165) is 6.42 Å². The van der Waals surface area contributed by atoms with Crippen LogP contribution < -0.4 is 5.32 Å². The predicted octanol–water partition coefficient (Wildman–Crippen LogP) is 1.08. The SMILES string of the molecule is CCOC(=O)CC(O)CNC(C)(C)CC. The van der Waals surface area contributed by atoms with E-state index < -0.39 is 6.10 Å². The van der Waals surface area contributed by atoms with Gasteiger partial charge in [-0.25, -0.2) is 0 Å². The normalized spacial score (nSPS) is 13.7. The zero-order valence-corrected chi connectivity index (χ0v) is 10.2. The van der Waals surface area contributed by atoms with Crippen LogP contribution >= 0.6 is 0 Å². The molecule has 0 saturated heterocycles. The fraction of sp³-hybridized carbons (Fsp3) is 0.909. The molecule has 0 heterocycles. The van der Waals surface area contributed by atoms with Crippen molar-refractivity contribution in [3.8, 4) is 0 Å². The summed E-state index contributed by atoms with van der Waals surface area (Å²) >= 11 is 0. The molecule has 0 aromatic rings. The van der Waals surface area contributed by atoms with E-state index in [2.05, 4.69) is 26.1 Å². The summed E-state index contributed by atoms with van der Waals surface area (Å²) < 4.78 is 4.74. The molecule has 0 fully saturated rings. The minimum atomic E-state index is -0.671. The summed E-state index contributed by atoms with van der Waals surface area (Å²) in [7, 11) is 0. The predicted molar refractivity (Wildman–Crippen MR) is 59.6 cm³/mol. The number of hydrogen-bond donors (Lipinski definition) is 2. The van der Waals surface area contributed by atoms with E-state index in [1.165, 1.54) is 0 Å². The zero-order chi connectivity index (χ0) is 11.9. The smallest absolute Gasteiger partial charge is 0.308 e. The second-order valence-corrected chi connectivity index (χ2v) is 4.28. The Bertz CT molecular complexity index is 192. The largest absolute Gasteiger partial charge is 0.466 e. The Morgan fingerprint density at radius 2 is 2.07 bits per heavy atom. The van der Waals surface area contributed by atoms with Gasteiger partial charge in [0.05, 0.1) is 19.1 Å². The molecule has 0 spiro atoms. The Morgan fingerprint density at radius 3 is 2.53 bits per heavy atom. The molecular formula is C11H23NO3. The van der Waals surface area contributed by atoms with Crippen LogP contribution in [-0.4, -0.2) is 35.9 Å². The number of rotatable bonds is 7. The van der Waals surface area contributed by atoms with Crippen molar-refractivity contribution in [2.24, 2.45) is 0 Å². The minimum Gasteiger partial charge on any atom is -0.466 e. The molecule has 0 radical (unpaired) electrons. The summed E-state index contributed by atoms with van der Waals surface area (Å²) in [6, 6.07) is 0. The average Bonchev–Trinajstić information content (AvgIpc) is 2.15. The molecule has 15 heavy (non-hydrogen) atoms. The molecule has 0 aliphatic rings. The summed E-state index contributed by atoms with van der Waals surface area (Å²) in [4.78, 5) is 11.0. The molecule has 0 rings (SSSR count). The zero-order valence-electron chi connectivity index (χ0n) is 10.2. The van der Waals surface area contributed by atoms with Gasteiger partial charge in [-0.05, 0) is 27.2 Å². The highest BCUT2D eigenvalue weighted by Crippen LogP contribution is 2.07. The van der Waals surface area contributed by atoms with Crippen LogP contribution in [0, 0.1) is 0 Å². The van der Waals surface area contributed by atoms with Crippen LogP contribution in [0.3, 0.4) is 0 Å². The van der Waals surface area contributed by atoms with Gasteiger partial charge in [-0.15, -0.1) is 0 Å². The number of β-amino-alcohol motifs (C(OH)–C–C–N with tert-alkyl or cyclic N) is 1. The summed E-state index contributed by atoms with van der Waals surface area (Å²) in [5, 5.41) is 12.7. The third kappa shape index (κ3) is 7.33. The molecular weight excluding hydrogens is 194 g/mol. The molecule has 0 saturated carbocycles. The van der Waals surface area contributed by atoms with Crippen molar-refractivity contribution in [3.63, 3.8) is 0 Å². The molecule has 0 aromatic carbocycles. The second-order valence-electron chi connectivity index (χ2n) is 4.28. The van der Waals surface area contributed by atoms with E-state index in [0.29, 0.717) is 13.2 Å². The van der Waals surface area contributed by atoms with E-state index in [1.54, 1.807) is 6.92 Å². The van der Waals surface area contributed by atoms with Crippen molar-refractivity contribution in [3.05, 3.63) is 0 Å². The number of ether oxygens (including phenoxy) is 1. The van der Waals surface area contributed by atoms with Gasteiger partial charge < -0.3 is 15.2 Å². The number of carbonyl (C=O) groups excluding carboxylic acids is 1. The van der Waals surface area contributed by atoms with Gasteiger partial charge in [0, 0.05) is 12.1 Å². The lowest BCUT2D eigenvalue weighted by molar-refractivity contribution is -0.145. The highest BCUT2D eigenvalue weighted by molar-refractivity contribution is 5.69. The summed E-state index contributed by atoms with van der Waals surface area (Å²) in [6.07, 6.45) is 0.356. The third-order valence-electron chi connectivity index (χ3n) is 2.41. The monoisotopic (exact) mass is 217 g/mol. The number of esters is 1. The molecule has 0 aliphatic carbocycles. The van der Waals surface area contributed by atoms with Crippen LogP contribution in [-0.2, 0) is 9.53 Å². The Morgan fingerprint density at radius 1 is 1.47 bits per heavy atom. The third-order valence-corrected chi connectivity index (χ3v) is 2.41. The molecule has 0 amide bonds. The van der Waals surface area contributed by atoms with Gasteiger partial charge in [0.1, 0.15) is 0 Å². The van der Waals surface area contributed by atoms with Gasteiger partial charge in [0.25, 0.3) is 0 Å². The van der Waals surface area contributed by atoms with Gasteiger partial charge in [0.2, 0.25) is 0 Å². The van der Waals surface area contributed by atoms with E-state index in [4.69, 9.17) is 4.74 Å². The van der Waals surface area contributed by atoms with Crippen LogP contribution in [0.25, 0.3) is 0 Å². The molecule has 0 aromatic heterocycles. The minimum absolute atomic E-state index is 0.00432. The fourth-order valence-electron chi connectivity index (χ4n) is 1.00. The summed E-state index contributed by atoms with van der Waals surface area (Å²) in [5.41, 5.74) is -0.00432. The van der Waals surface area contributed by atoms with E-state index in [-0.39, 0.29) is 17.9 Å². The number of hydrogen-bond acceptors (Lipinski definition) is 4. The van der Waals surface area contributed by atoms with Crippen LogP contribution in [0.1, 0.15) is 40.5 Å². The lowest BCUT2D eigenvalue weighted by atomic mass is 10.0. The van der Waals surface area contributed by atoms with Crippen molar-refractivity contribution in [2.45, 2.75) is 52.2 Å². The van der Waals surface area contributed by atoms with Crippen LogP contribution in [0.5, 0.6) is 0 Å². The first kappa shape index (κ1) is 14.4. The van der Waals surface area contributed by atoms with Crippen LogP contribution in [0.2, 0.25) is 0 Å². The lowest BCUT2D eigenvalue weighted by Crippen LogP contribution is -2.43. The Balaban J connectivity index is 3.75. The molecule has 0 bridgehead atoms. The van der Waals surface area contributed by atoms with Gasteiger partial charge in [-0.2, -0.15) is 0 Å². The second kappa shape index (κ2) is 6.80.